The van der Waals surface area contributed by atoms with Crippen LogP contribution in [0.15, 0.2) is 30.3 Å². The SMILES string of the molecule is CC(C)(C)NCCCN1CCN(c2ccccc2)CC1. The average Bonchev–Trinajstić information content (AvgIpc) is 2.44. The van der Waals surface area contributed by atoms with E-state index in [-0.39, 0.29) is 5.54 Å². The summed E-state index contributed by atoms with van der Waals surface area (Å²) in [6, 6.07) is 10.8. The minimum Gasteiger partial charge on any atom is -0.369 e. The number of hydrogen-bond acceptors (Lipinski definition) is 3. The number of benzene rings is 1. The van der Waals surface area contributed by atoms with Gasteiger partial charge in [0.25, 0.3) is 0 Å². The van der Waals surface area contributed by atoms with E-state index in [1.807, 2.05) is 0 Å². The molecule has 0 spiro atoms. The summed E-state index contributed by atoms with van der Waals surface area (Å²) in [4.78, 5) is 5.08. The second-order valence-electron chi connectivity index (χ2n) is 6.69. The Kier molecular flexibility index (Phi) is 5.44. The fraction of sp³-hybridized carbons (Fsp3) is 0.647. The zero-order valence-corrected chi connectivity index (χ0v) is 13.2. The lowest BCUT2D eigenvalue weighted by molar-refractivity contribution is 0.250. The maximum atomic E-state index is 3.56. The van der Waals surface area contributed by atoms with Crippen molar-refractivity contribution in [3.8, 4) is 0 Å². The summed E-state index contributed by atoms with van der Waals surface area (Å²) in [6.45, 7) is 13.7. The minimum absolute atomic E-state index is 0.242. The molecule has 0 saturated carbocycles. The first-order valence-electron chi connectivity index (χ1n) is 7.82. The van der Waals surface area contributed by atoms with E-state index >= 15 is 0 Å². The van der Waals surface area contributed by atoms with E-state index in [1.165, 1.54) is 31.7 Å². The molecule has 1 aliphatic rings. The Morgan fingerprint density at radius 2 is 1.65 bits per heavy atom. The molecule has 1 aromatic rings. The molecule has 1 aromatic carbocycles. The van der Waals surface area contributed by atoms with Gasteiger partial charge in [0, 0.05) is 37.4 Å². The molecule has 112 valence electrons. The van der Waals surface area contributed by atoms with Crippen LogP contribution in [-0.2, 0) is 0 Å². The van der Waals surface area contributed by atoms with Crippen LogP contribution in [0.4, 0.5) is 5.69 Å². The molecular formula is C17H29N3. The highest BCUT2D eigenvalue weighted by Crippen LogP contribution is 2.15. The number of piperazine rings is 1. The van der Waals surface area contributed by atoms with Crippen molar-refractivity contribution >= 4 is 5.69 Å². The smallest absolute Gasteiger partial charge is 0.0367 e. The first-order chi connectivity index (χ1) is 9.54. The molecule has 3 nitrogen and oxygen atoms in total. The van der Waals surface area contributed by atoms with Crippen molar-refractivity contribution < 1.29 is 0 Å². The number of nitrogens with zero attached hydrogens (tertiary/aromatic N) is 2. The summed E-state index contributed by atoms with van der Waals surface area (Å²) in [5.41, 5.74) is 1.60. The highest BCUT2D eigenvalue weighted by molar-refractivity contribution is 5.46. The third-order valence-electron chi connectivity index (χ3n) is 3.80. The lowest BCUT2D eigenvalue weighted by Gasteiger charge is -2.36. The van der Waals surface area contributed by atoms with Crippen LogP contribution in [0.2, 0.25) is 0 Å². The Hall–Kier alpha value is -1.06. The fourth-order valence-corrected chi connectivity index (χ4v) is 2.63. The number of hydrogen-bond donors (Lipinski definition) is 1. The quantitative estimate of drug-likeness (QED) is 0.833. The van der Waals surface area contributed by atoms with Crippen molar-refractivity contribution in [2.45, 2.75) is 32.7 Å². The molecule has 0 aliphatic carbocycles. The predicted octanol–water partition coefficient (Wildman–Crippen LogP) is 2.59. The molecule has 2 rings (SSSR count). The molecule has 1 fully saturated rings. The van der Waals surface area contributed by atoms with Gasteiger partial charge in [0.05, 0.1) is 0 Å². The van der Waals surface area contributed by atoms with Crippen molar-refractivity contribution in [1.82, 2.24) is 10.2 Å². The van der Waals surface area contributed by atoms with Gasteiger partial charge in [-0.15, -0.1) is 0 Å². The van der Waals surface area contributed by atoms with E-state index in [0.29, 0.717) is 0 Å². The highest BCUT2D eigenvalue weighted by Gasteiger charge is 2.16. The van der Waals surface area contributed by atoms with E-state index in [9.17, 15) is 0 Å². The Morgan fingerprint density at radius 1 is 1.00 bits per heavy atom. The topological polar surface area (TPSA) is 18.5 Å². The molecule has 0 unspecified atom stereocenters. The average molecular weight is 275 g/mol. The zero-order valence-electron chi connectivity index (χ0n) is 13.2. The zero-order chi connectivity index (χ0) is 14.4. The van der Waals surface area contributed by atoms with Gasteiger partial charge in [-0.3, -0.25) is 4.90 Å². The van der Waals surface area contributed by atoms with Crippen molar-refractivity contribution in [2.24, 2.45) is 0 Å². The van der Waals surface area contributed by atoms with Gasteiger partial charge in [-0.1, -0.05) is 18.2 Å². The van der Waals surface area contributed by atoms with Gasteiger partial charge in [-0.25, -0.2) is 0 Å². The van der Waals surface area contributed by atoms with Crippen LogP contribution in [0.5, 0.6) is 0 Å². The third-order valence-corrected chi connectivity index (χ3v) is 3.80. The number of para-hydroxylation sites is 1. The standard InChI is InChI=1S/C17H29N3/c1-17(2,3)18-10-7-11-19-12-14-20(15-13-19)16-8-5-4-6-9-16/h4-6,8-9,18H,7,10-15H2,1-3H3. The summed E-state index contributed by atoms with van der Waals surface area (Å²) in [7, 11) is 0. The van der Waals surface area contributed by atoms with Gasteiger partial charge in [-0.2, -0.15) is 0 Å². The van der Waals surface area contributed by atoms with Crippen LogP contribution in [-0.4, -0.2) is 49.7 Å². The fourth-order valence-electron chi connectivity index (χ4n) is 2.63. The predicted molar refractivity (Wildman–Crippen MR) is 87.5 cm³/mol. The van der Waals surface area contributed by atoms with Crippen LogP contribution in [0.3, 0.4) is 0 Å². The monoisotopic (exact) mass is 275 g/mol. The van der Waals surface area contributed by atoms with Gasteiger partial charge >= 0.3 is 0 Å². The lowest BCUT2D eigenvalue weighted by Crippen LogP contribution is -2.47. The van der Waals surface area contributed by atoms with Crippen molar-refractivity contribution in [1.29, 1.82) is 0 Å². The van der Waals surface area contributed by atoms with E-state index in [1.54, 1.807) is 0 Å². The summed E-state index contributed by atoms with van der Waals surface area (Å²) < 4.78 is 0. The first kappa shape index (κ1) is 15.3. The van der Waals surface area contributed by atoms with Crippen LogP contribution in [0, 0.1) is 0 Å². The second-order valence-corrected chi connectivity index (χ2v) is 6.69. The van der Waals surface area contributed by atoms with Crippen LogP contribution >= 0.6 is 0 Å². The maximum absolute atomic E-state index is 3.56. The molecule has 0 bridgehead atoms. The molecule has 1 saturated heterocycles. The molecule has 0 aromatic heterocycles. The summed E-state index contributed by atoms with van der Waals surface area (Å²) in [5, 5.41) is 3.56. The van der Waals surface area contributed by atoms with Crippen molar-refractivity contribution in [2.75, 3.05) is 44.2 Å². The first-order valence-corrected chi connectivity index (χ1v) is 7.82. The summed E-state index contributed by atoms with van der Waals surface area (Å²) in [5.74, 6) is 0. The maximum Gasteiger partial charge on any atom is 0.0367 e. The van der Waals surface area contributed by atoms with E-state index in [4.69, 9.17) is 0 Å². The molecule has 3 heteroatoms. The van der Waals surface area contributed by atoms with Crippen LogP contribution in [0.1, 0.15) is 27.2 Å². The number of rotatable bonds is 5. The van der Waals surface area contributed by atoms with Gasteiger partial charge < -0.3 is 10.2 Å². The Bertz CT molecular complexity index is 375. The molecule has 0 radical (unpaired) electrons. The summed E-state index contributed by atoms with van der Waals surface area (Å²) >= 11 is 0. The van der Waals surface area contributed by atoms with E-state index in [0.717, 1.165) is 19.6 Å². The summed E-state index contributed by atoms with van der Waals surface area (Å²) in [6.07, 6.45) is 1.24. The highest BCUT2D eigenvalue weighted by atomic mass is 15.3. The number of nitrogens with one attached hydrogen (secondary N) is 1. The minimum atomic E-state index is 0.242. The molecule has 1 heterocycles. The van der Waals surface area contributed by atoms with Gasteiger partial charge in [-0.05, 0) is 52.4 Å². The Morgan fingerprint density at radius 3 is 2.25 bits per heavy atom. The Labute approximate surface area is 124 Å². The van der Waals surface area contributed by atoms with Crippen molar-refractivity contribution in [3.63, 3.8) is 0 Å². The molecule has 1 N–H and O–H groups in total. The normalized spacial score (nSPS) is 17.4. The van der Waals surface area contributed by atoms with Crippen LogP contribution < -0.4 is 10.2 Å². The molecule has 0 atom stereocenters. The molecular weight excluding hydrogens is 246 g/mol. The Balaban J connectivity index is 1.65. The van der Waals surface area contributed by atoms with Gasteiger partial charge in [0.15, 0.2) is 0 Å². The molecule has 20 heavy (non-hydrogen) atoms. The van der Waals surface area contributed by atoms with Gasteiger partial charge in [0.1, 0.15) is 0 Å². The van der Waals surface area contributed by atoms with Crippen LogP contribution in [0.25, 0.3) is 0 Å². The largest absolute Gasteiger partial charge is 0.369 e. The number of anilines is 1. The van der Waals surface area contributed by atoms with E-state index < -0.39 is 0 Å². The van der Waals surface area contributed by atoms with E-state index in [2.05, 4.69) is 66.2 Å². The third kappa shape index (κ3) is 5.14. The van der Waals surface area contributed by atoms with Crippen molar-refractivity contribution in [3.05, 3.63) is 30.3 Å². The second kappa shape index (κ2) is 7.09. The molecule has 1 aliphatic heterocycles. The molecule has 0 amide bonds. The van der Waals surface area contributed by atoms with Gasteiger partial charge in [0.2, 0.25) is 0 Å². The lowest BCUT2D eigenvalue weighted by atomic mass is 10.1.